The minimum absolute atomic E-state index is 0.607. The number of nitrogen functional groups attached to an aromatic ring is 1. The number of aryl methyl sites for hydroxylation is 1. The maximum Gasteiger partial charge on any atom is 0.184 e. The van der Waals surface area contributed by atoms with Crippen LogP contribution in [0.15, 0.2) is 41.0 Å². The lowest BCUT2D eigenvalue weighted by Crippen LogP contribution is -1.94. The minimum Gasteiger partial charge on any atom is -0.396 e. The molecule has 2 aromatic heterocycles. The molecule has 0 saturated carbocycles. The van der Waals surface area contributed by atoms with Gasteiger partial charge in [0.15, 0.2) is 11.5 Å². The van der Waals surface area contributed by atoms with E-state index in [0.717, 1.165) is 15.9 Å². The van der Waals surface area contributed by atoms with Gasteiger partial charge in [-0.25, -0.2) is 0 Å². The molecule has 18 heavy (non-hydrogen) atoms. The van der Waals surface area contributed by atoms with E-state index in [1.54, 1.807) is 0 Å². The summed E-state index contributed by atoms with van der Waals surface area (Å²) in [6.07, 6.45) is 1.92. The lowest BCUT2D eigenvalue weighted by Gasteiger charge is -2.03. The Hall–Kier alpha value is -1.88. The zero-order valence-corrected chi connectivity index (χ0v) is 11.3. The summed E-state index contributed by atoms with van der Waals surface area (Å²) in [6, 6.07) is 9.99. The summed E-state index contributed by atoms with van der Waals surface area (Å²) in [5.74, 6) is 0.790. The molecule has 3 aromatic rings. The lowest BCUT2D eigenvalue weighted by molar-refractivity contribution is 1.11. The van der Waals surface area contributed by atoms with E-state index < -0.39 is 0 Å². The van der Waals surface area contributed by atoms with Crippen molar-refractivity contribution in [3.63, 3.8) is 0 Å². The van der Waals surface area contributed by atoms with Crippen molar-refractivity contribution in [2.75, 3.05) is 5.73 Å². The van der Waals surface area contributed by atoms with Crippen LogP contribution in [0.4, 0.5) is 5.69 Å². The number of anilines is 1. The molecule has 90 valence electrons. The highest BCUT2D eigenvalue weighted by atomic mass is 79.9. The van der Waals surface area contributed by atoms with E-state index in [1.165, 1.54) is 5.56 Å². The van der Waals surface area contributed by atoms with Gasteiger partial charge in [-0.1, -0.05) is 29.8 Å². The van der Waals surface area contributed by atoms with Gasteiger partial charge in [0, 0.05) is 16.2 Å². The topological polar surface area (TPSA) is 56.2 Å². The first kappa shape index (κ1) is 11.2. The highest BCUT2D eigenvalue weighted by Crippen LogP contribution is 2.24. The second-order valence-corrected chi connectivity index (χ2v) is 5.11. The molecule has 2 heterocycles. The third kappa shape index (κ3) is 1.76. The summed E-state index contributed by atoms with van der Waals surface area (Å²) in [7, 11) is 0. The van der Waals surface area contributed by atoms with Crippen LogP contribution in [0.25, 0.3) is 17.0 Å². The number of aromatic nitrogens is 3. The van der Waals surface area contributed by atoms with E-state index in [9.17, 15) is 0 Å². The molecule has 0 fully saturated rings. The van der Waals surface area contributed by atoms with Gasteiger partial charge in [-0.3, -0.25) is 4.40 Å². The maximum absolute atomic E-state index is 5.92. The Morgan fingerprint density at radius 2 is 1.89 bits per heavy atom. The Kier molecular flexibility index (Phi) is 2.56. The SMILES string of the molecule is Cc1ccc(-c2nnc3c(N)cc(Br)cn23)cc1. The standard InChI is InChI=1S/C13H11BrN4/c1-8-2-4-9(5-3-8)12-16-17-13-11(15)6-10(14)7-18(12)13/h2-7H,15H2,1H3. The molecular formula is C13H11BrN4. The predicted molar refractivity (Wildman–Crippen MR) is 75.3 cm³/mol. The molecule has 0 spiro atoms. The van der Waals surface area contributed by atoms with Crippen molar-refractivity contribution in [3.05, 3.63) is 46.6 Å². The first-order valence-electron chi connectivity index (χ1n) is 5.52. The van der Waals surface area contributed by atoms with Gasteiger partial charge in [-0.15, -0.1) is 10.2 Å². The Bertz CT molecular complexity index is 716. The maximum atomic E-state index is 5.92. The fourth-order valence-corrected chi connectivity index (χ4v) is 2.34. The van der Waals surface area contributed by atoms with Crippen LogP contribution in [0.1, 0.15) is 5.56 Å². The molecule has 5 heteroatoms. The highest BCUT2D eigenvalue weighted by Gasteiger charge is 2.10. The molecule has 0 bridgehead atoms. The molecule has 4 nitrogen and oxygen atoms in total. The molecule has 0 aliphatic heterocycles. The summed E-state index contributed by atoms with van der Waals surface area (Å²) >= 11 is 3.43. The van der Waals surface area contributed by atoms with Crippen molar-refractivity contribution in [3.8, 4) is 11.4 Å². The Morgan fingerprint density at radius 1 is 1.17 bits per heavy atom. The quantitative estimate of drug-likeness (QED) is 0.751. The molecule has 0 unspecified atom stereocenters. The predicted octanol–water partition coefficient (Wildman–Crippen LogP) is 3.05. The zero-order chi connectivity index (χ0) is 12.7. The molecule has 1 aromatic carbocycles. The molecule has 0 atom stereocenters. The molecule has 0 amide bonds. The molecule has 3 rings (SSSR count). The smallest absolute Gasteiger partial charge is 0.184 e. The molecular weight excluding hydrogens is 292 g/mol. The van der Waals surface area contributed by atoms with Crippen LogP contribution in [-0.2, 0) is 0 Å². The Labute approximate surface area is 113 Å². The van der Waals surface area contributed by atoms with Crippen LogP contribution in [0.3, 0.4) is 0 Å². The number of pyridine rings is 1. The van der Waals surface area contributed by atoms with Crippen molar-refractivity contribution < 1.29 is 0 Å². The highest BCUT2D eigenvalue weighted by molar-refractivity contribution is 9.10. The van der Waals surface area contributed by atoms with Crippen molar-refractivity contribution >= 4 is 27.3 Å². The van der Waals surface area contributed by atoms with Crippen molar-refractivity contribution in [2.24, 2.45) is 0 Å². The third-order valence-electron chi connectivity index (χ3n) is 2.81. The van der Waals surface area contributed by atoms with Crippen LogP contribution in [0, 0.1) is 6.92 Å². The van der Waals surface area contributed by atoms with Crippen LogP contribution in [-0.4, -0.2) is 14.6 Å². The number of fused-ring (bicyclic) bond motifs is 1. The Morgan fingerprint density at radius 3 is 2.61 bits per heavy atom. The Balaban J connectivity index is 2.27. The fraction of sp³-hybridized carbons (Fsp3) is 0.0769. The first-order chi connectivity index (χ1) is 8.65. The summed E-state index contributed by atoms with van der Waals surface area (Å²) in [5.41, 5.74) is 9.44. The minimum atomic E-state index is 0.607. The first-order valence-corrected chi connectivity index (χ1v) is 6.31. The largest absolute Gasteiger partial charge is 0.396 e. The van der Waals surface area contributed by atoms with Crippen LogP contribution in [0.2, 0.25) is 0 Å². The average Bonchev–Trinajstić information content (AvgIpc) is 2.74. The van der Waals surface area contributed by atoms with Gasteiger partial charge in [-0.05, 0) is 28.9 Å². The van der Waals surface area contributed by atoms with Crippen LogP contribution in [0.5, 0.6) is 0 Å². The summed E-state index contributed by atoms with van der Waals surface area (Å²) < 4.78 is 2.80. The average molecular weight is 303 g/mol. The number of nitrogens with two attached hydrogens (primary N) is 1. The second kappa shape index (κ2) is 4.10. The van der Waals surface area contributed by atoms with Gasteiger partial charge in [0.2, 0.25) is 0 Å². The number of hydrogen-bond donors (Lipinski definition) is 1. The van der Waals surface area contributed by atoms with Gasteiger partial charge in [0.05, 0.1) is 5.69 Å². The van der Waals surface area contributed by atoms with Crippen molar-refractivity contribution in [1.82, 2.24) is 14.6 Å². The zero-order valence-electron chi connectivity index (χ0n) is 9.76. The molecule has 0 saturated heterocycles. The van der Waals surface area contributed by atoms with Crippen LogP contribution < -0.4 is 5.73 Å². The summed E-state index contributed by atoms with van der Waals surface area (Å²) in [5, 5.41) is 8.33. The summed E-state index contributed by atoms with van der Waals surface area (Å²) in [6.45, 7) is 2.06. The monoisotopic (exact) mass is 302 g/mol. The van der Waals surface area contributed by atoms with E-state index in [2.05, 4.69) is 45.2 Å². The van der Waals surface area contributed by atoms with Crippen LogP contribution >= 0.6 is 15.9 Å². The van der Waals surface area contributed by atoms with Gasteiger partial charge in [0.1, 0.15) is 0 Å². The van der Waals surface area contributed by atoms with Gasteiger partial charge < -0.3 is 5.73 Å². The van der Waals surface area contributed by atoms with E-state index in [1.807, 2.05) is 28.8 Å². The number of hydrogen-bond acceptors (Lipinski definition) is 3. The number of rotatable bonds is 1. The van der Waals surface area contributed by atoms with E-state index in [4.69, 9.17) is 5.73 Å². The number of benzene rings is 1. The number of halogens is 1. The van der Waals surface area contributed by atoms with Crippen molar-refractivity contribution in [2.45, 2.75) is 6.92 Å². The summed E-state index contributed by atoms with van der Waals surface area (Å²) in [4.78, 5) is 0. The van der Waals surface area contributed by atoms with Crippen molar-refractivity contribution in [1.29, 1.82) is 0 Å². The van der Waals surface area contributed by atoms with Gasteiger partial charge >= 0.3 is 0 Å². The van der Waals surface area contributed by atoms with Gasteiger partial charge in [0.25, 0.3) is 0 Å². The van der Waals surface area contributed by atoms with E-state index in [0.29, 0.717) is 11.3 Å². The second-order valence-electron chi connectivity index (χ2n) is 4.20. The molecule has 2 N–H and O–H groups in total. The normalized spacial score (nSPS) is 11.0. The third-order valence-corrected chi connectivity index (χ3v) is 3.24. The molecule has 0 aliphatic carbocycles. The molecule has 0 aliphatic rings. The molecule has 0 radical (unpaired) electrons. The van der Waals surface area contributed by atoms with E-state index >= 15 is 0 Å². The fourth-order valence-electron chi connectivity index (χ4n) is 1.88. The number of nitrogens with zero attached hydrogens (tertiary/aromatic N) is 3. The van der Waals surface area contributed by atoms with E-state index in [-0.39, 0.29) is 0 Å². The lowest BCUT2D eigenvalue weighted by atomic mass is 10.1. The van der Waals surface area contributed by atoms with Gasteiger partial charge in [-0.2, -0.15) is 0 Å².